The van der Waals surface area contributed by atoms with Gasteiger partial charge in [-0.25, -0.2) is 0 Å². The van der Waals surface area contributed by atoms with Crippen molar-refractivity contribution < 1.29 is 5.11 Å². The predicted molar refractivity (Wildman–Crippen MR) is 82.1 cm³/mol. The summed E-state index contributed by atoms with van der Waals surface area (Å²) < 4.78 is 0. The number of hydrogen-bond acceptors (Lipinski definition) is 3. The molecule has 0 spiro atoms. The summed E-state index contributed by atoms with van der Waals surface area (Å²) >= 11 is 11.9. The van der Waals surface area contributed by atoms with E-state index in [4.69, 9.17) is 23.2 Å². The second-order valence-corrected chi connectivity index (χ2v) is 5.41. The van der Waals surface area contributed by atoms with Crippen LogP contribution in [0.3, 0.4) is 0 Å². The van der Waals surface area contributed by atoms with Gasteiger partial charge in [0, 0.05) is 34.4 Å². The van der Waals surface area contributed by atoms with Crippen LogP contribution in [-0.4, -0.2) is 16.6 Å². The van der Waals surface area contributed by atoms with E-state index in [-0.39, 0.29) is 6.04 Å². The molecule has 0 aliphatic carbocycles. The second-order valence-electron chi connectivity index (χ2n) is 4.57. The average Bonchev–Trinajstić information content (AvgIpc) is 2.45. The van der Waals surface area contributed by atoms with Gasteiger partial charge in [0.1, 0.15) is 0 Å². The SMILES string of the molecule is CC(NCC(O)c1ccc(Cl)cc1Cl)c1ccccn1. The molecular formula is C15H16Cl2N2O. The van der Waals surface area contributed by atoms with Crippen molar-refractivity contribution in [1.82, 2.24) is 10.3 Å². The van der Waals surface area contributed by atoms with Crippen molar-refractivity contribution in [1.29, 1.82) is 0 Å². The highest BCUT2D eigenvalue weighted by atomic mass is 35.5. The van der Waals surface area contributed by atoms with E-state index in [1.54, 1.807) is 24.4 Å². The molecule has 0 saturated carbocycles. The molecule has 0 bridgehead atoms. The molecule has 20 heavy (non-hydrogen) atoms. The maximum Gasteiger partial charge on any atom is 0.0928 e. The van der Waals surface area contributed by atoms with E-state index < -0.39 is 6.10 Å². The summed E-state index contributed by atoms with van der Waals surface area (Å²) in [6.07, 6.45) is 1.06. The quantitative estimate of drug-likeness (QED) is 0.883. The summed E-state index contributed by atoms with van der Waals surface area (Å²) in [4.78, 5) is 4.27. The van der Waals surface area contributed by atoms with Crippen molar-refractivity contribution in [2.24, 2.45) is 0 Å². The minimum atomic E-state index is -0.689. The van der Waals surface area contributed by atoms with Crippen LogP contribution in [-0.2, 0) is 0 Å². The van der Waals surface area contributed by atoms with Crippen molar-refractivity contribution in [2.75, 3.05) is 6.54 Å². The predicted octanol–water partition coefficient (Wildman–Crippen LogP) is 3.77. The Morgan fingerprint density at radius 2 is 2.05 bits per heavy atom. The van der Waals surface area contributed by atoms with Crippen LogP contribution >= 0.6 is 23.2 Å². The Labute approximate surface area is 128 Å². The van der Waals surface area contributed by atoms with Gasteiger partial charge in [-0.2, -0.15) is 0 Å². The second kappa shape index (κ2) is 7.04. The van der Waals surface area contributed by atoms with Gasteiger partial charge < -0.3 is 10.4 Å². The van der Waals surface area contributed by atoms with Gasteiger partial charge >= 0.3 is 0 Å². The van der Waals surface area contributed by atoms with E-state index in [0.29, 0.717) is 22.2 Å². The minimum absolute atomic E-state index is 0.0527. The Balaban J connectivity index is 1.96. The van der Waals surface area contributed by atoms with Crippen LogP contribution < -0.4 is 5.32 Å². The number of aliphatic hydroxyl groups is 1. The van der Waals surface area contributed by atoms with Gasteiger partial charge in [-0.3, -0.25) is 4.98 Å². The first-order valence-electron chi connectivity index (χ1n) is 6.35. The normalized spacial score (nSPS) is 14.0. The molecule has 2 unspecified atom stereocenters. The molecule has 0 aliphatic rings. The number of rotatable bonds is 5. The third-order valence-corrected chi connectivity index (χ3v) is 3.63. The minimum Gasteiger partial charge on any atom is -0.387 e. The maximum atomic E-state index is 10.2. The zero-order valence-corrected chi connectivity index (χ0v) is 12.6. The Hall–Kier alpha value is -1.13. The summed E-state index contributed by atoms with van der Waals surface area (Å²) in [5.74, 6) is 0. The summed E-state index contributed by atoms with van der Waals surface area (Å²) in [7, 11) is 0. The highest BCUT2D eigenvalue weighted by Gasteiger charge is 2.14. The molecule has 0 aliphatic heterocycles. The first kappa shape index (κ1) is 15.3. The Morgan fingerprint density at radius 3 is 2.70 bits per heavy atom. The Kier molecular flexibility index (Phi) is 5.38. The van der Waals surface area contributed by atoms with Crippen LogP contribution in [0.15, 0.2) is 42.6 Å². The Morgan fingerprint density at radius 1 is 1.25 bits per heavy atom. The molecule has 0 saturated heterocycles. The molecule has 106 valence electrons. The summed E-state index contributed by atoms with van der Waals surface area (Å²) in [5.41, 5.74) is 1.60. The van der Waals surface area contributed by atoms with Crippen LogP contribution in [0.4, 0.5) is 0 Å². The molecule has 0 fully saturated rings. The van der Waals surface area contributed by atoms with Gasteiger partial charge in [-0.05, 0) is 31.2 Å². The molecule has 3 nitrogen and oxygen atoms in total. The fourth-order valence-electron chi connectivity index (χ4n) is 1.91. The number of pyridine rings is 1. The van der Waals surface area contributed by atoms with Gasteiger partial charge in [0.15, 0.2) is 0 Å². The largest absolute Gasteiger partial charge is 0.387 e. The molecule has 1 aromatic carbocycles. The molecule has 1 aromatic heterocycles. The van der Waals surface area contributed by atoms with Gasteiger partial charge in [-0.1, -0.05) is 35.3 Å². The number of benzene rings is 1. The van der Waals surface area contributed by atoms with Gasteiger partial charge in [0.2, 0.25) is 0 Å². The topological polar surface area (TPSA) is 45.1 Å². The Bertz CT molecular complexity index is 563. The van der Waals surface area contributed by atoms with Crippen molar-refractivity contribution in [2.45, 2.75) is 19.1 Å². The fourth-order valence-corrected chi connectivity index (χ4v) is 2.44. The van der Waals surface area contributed by atoms with E-state index in [2.05, 4.69) is 10.3 Å². The third kappa shape index (κ3) is 3.93. The van der Waals surface area contributed by atoms with Crippen LogP contribution in [0.1, 0.15) is 30.3 Å². The first-order chi connectivity index (χ1) is 9.58. The zero-order valence-electron chi connectivity index (χ0n) is 11.1. The molecule has 2 aromatic rings. The van der Waals surface area contributed by atoms with Crippen molar-refractivity contribution >= 4 is 23.2 Å². The van der Waals surface area contributed by atoms with Crippen LogP contribution in [0.25, 0.3) is 0 Å². The number of nitrogens with zero attached hydrogens (tertiary/aromatic N) is 1. The maximum absolute atomic E-state index is 10.2. The standard InChI is InChI=1S/C15H16Cl2N2O/c1-10(14-4-2-3-7-18-14)19-9-15(20)12-6-5-11(16)8-13(12)17/h2-8,10,15,19-20H,9H2,1H3. The smallest absolute Gasteiger partial charge is 0.0928 e. The number of aliphatic hydroxyl groups excluding tert-OH is 1. The number of aromatic nitrogens is 1. The van der Waals surface area contributed by atoms with Crippen LogP contribution in [0.5, 0.6) is 0 Å². The summed E-state index contributed by atoms with van der Waals surface area (Å²) in [5, 5.41) is 14.4. The van der Waals surface area contributed by atoms with Crippen molar-refractivity contribution in [3.63, 3.8) is 0 Å². The highest BCUT2D eigenvalue weighted by Crippen LogP contribution is 2.26. The van der Waals surface area contributed by atoms with E-state index in [9.17, 15) is 5.11 Å². The van der Waals surface area contributed by atoms with Gasteiger partial charge in [0.25, 0.3) is 0 Å². The number of nitrogens with one attached hydrogen (secondary N) is 1. The molecule has 0 amide bonds. The third-order valence-electron chi connectivity index (χ3n) is 3.07. The molecule has 2 rings (SSSR count). The summed E-state index contributed by atoms with van der Waals surface area (Å²) in [6.45, 7) is 2.39. The molecule has 0 radical (unpaired) electrons. The lowest BCUT2D eigenvalue weighted by Gasteiger charge is -2.18. The lowest BCUT2D eigenvalue weighted by atomic mass is 10.1. The van der Waals surface area contributed by atoms with Crippen molar-refractivity contribution in [3.8, 4) is 0 Å². The molecular weight excluding hydrogens is 295 g/mol. The van der Waals surface area contributed by atoms with E-state index in [1.807, 2.05) is 25.1 Å². The van der Waals surface area contributed by atoms with Gasteiger partial charge in [-0.15, -0.1) is 0 Å². The number of hydrogen-bond donors (Lipinski definition) is 2. The van der Waals surface area contributed by atoms with Crippen LogP contribution in [0, 0.1) is 0 Å². The summed E-state index contributed by atoms with van der Waals surface area (Å²) in [6, 6.07) is 10.9. The molecule has 2 atom stereocenters. The van der Waals surface area contributed by atoms with Crippen molar-refractivity contribution in [3.05, 3.63) is 63.9 Å². The van der Waals surface area contributed by atoms with Crippen LogP contribution in [0.2, 0.25) is 10.0 Å². The molecule has 1 heterocycles. The van der Waals surface area contributed by atoms with E-state index >= 15 is 0 Å². The highest BCUT2D eigenvalue weighted by molar-refractivity contribution is 6.35. The van der Waals surface area contributed by atoms with Gasteiger partial charge in [0.05, 0.1) is 11.8 Å². The number of halogens is 2. The average molecular weight is 311 g/mol. The monoisotopic (exact) mass is 310 g/mol. The van der Waals surface area contributed by atoms with E-state index in [0.717, 1.165) is 5.69 Å². The zero-order chi connectivity index (χ0) is 14.5. The molecule has 5 heteroatoms. The lowest BCUT2D eigenvalue weighted by molar-refractivity contribution is 0.170. The lowest BCUT2D eigenvalue weighted by Crippen LogP contribution is -2.25. The first-order valence-corrected chi connectivity index (χ1v) is 7.11. The molecule has 2 N–H and O–H groups in total. The fraction of sp³-hybridized carbons (Fsp3) is 0.267. The van der Waals surface area contributed by atoms with E-state index in [1.165, 1.54) is 0 Å².